The quantitative estimate of drug-likeness (QED) is 0.812. The van der Waals surface area contributed by atoms with Crippen molar-refractivity contribution in [3.05, 3.63) is 39.9 Å². The highest BCUT2D eigenvalue weighted by Gasteiger charge is 2.11. The molecule has 0 aliphatic carbocycles. The van der Waals surface area contributed by atoms with Crippen LogP contribution in [0.5, 0.6) is 0 Å². The van der Waals surface area contributed by atoms with Gasteiger partial charge in [-0.1, -0.05) is 29.3 Å². The SMILES string of the molecule is CC(C)(C)NC(=O)/C=C/c1ccc(Cl)cc1Cl. The third-order valence-corrected chi connectivity index (χ3v) is 2.44. The first-order valence-electron chi connectivity index (χ1n) is 5.23. The number of halogens is 2. The van der Waals surface area contributed by atoms with Crippen molar-refractivity contribution in [2.45, 2.75) is 26.3 Å². The van der Waals surface area contributed by atoms with Gasteiger partial charge in [-0.15, -0.1) is 0 Å². The first-order valence-corrected chi connectivity index (χ1v) is 5.99. The molecule has 0 fully saturated rings. The van der Waals surface area contributed by atoms with Gasteiger partial charge in [-0.2, -0.15) is 0 Å². The van der Waals surface area contributed by atoms with Gasteiger partial charge in [-0.3, -0.25) is 4.79 Å². The van der Waals surface area contributed by atoms with Gasteiger partial charge in [-0.05, 0) is 44.5 Å². The summed E-state index contributed by atoms with van der Waals surface area (Å²) in [5.41, 5.74) is 0.519. The van der Waals surface area contributed by atoms with Crippen molar-refractivity contribution < 1.29 is 4.79 Å². The first-order chi connectivity index (χ1) is 7.78. The molecule has 4 heteroatoms. The molecule has 0 saturated carbocycles. The molecule has 92 valence electrons. The summed E-state index contributed by atoms with van der Waals surface area (Å²) < 4.78 is 0. The molecule has 0 heterocycles. The van der Waals surface area contributed by atoms with Crippen LogP contribution in [0, 0.1) is 0 Å². The molecular weight excluding hydrogens is 257 g/mol. The Labute approximate surface area is 112 Å². The number of amides is 1. The van der Waals surface area contributed by atoms with Gasteiger partial charge in [0.2, 0.25) is 5.91 Å². The van der Waals surface area contributed by atoms with E-state index in [4.69, 9.17) is 23.2 Å². The average molecular weight is 272 g/mol. The fourth-order valence-corrected chi connectivity index (χ4v) is 1.68. The predicted octanol–water partition coefficient (Wildman–Crippen LogP) is 3.92. The van der Waals surface area contributed by atoms with Crippen LogP contribution >= 0.6 is 23.2 Å². The third kappa shape index (κ3) is 5.24. The van der Waals surface area contributed by atoms with Crippen LogP contribution in [0.25, 0.3) is 6.08 Å². The summed E-state index contributed by atoms with van der Waals surface area (Å²) in [5.74, 6) is -0.150. The Morgan fingerprint density at radius 1 is 1.29 bits per heavy atom. The van der Waals surface area contributed by atoms with Crippen molar-refractivity contribution >= 4 is 35.2 Å². The van der Waals surface area contributed by atoms with Crippen LogP contribution in [0.15, 0.2) is 24.3 Å². The van der Waals surface area contributed by atoms with E-state index in [-0.39, 0.29) is 11.4 Å². The number of benzene rings is 1. The van der Waals surface area contributed by atoms with Crippen LogP contribution in [0.1, 0.15) is 26.3 Å². The molecule has 0 unspecified atom stereocenters. The Morgan fingerprint density at radius 3 is 2.47 bits per heavy atom. The second-order valence-electron chi connectivity index (χ2n) is 4.74. The molecule has 1 rings (SSSR count). The van der Waals surface area contributed by atoms with Crippen molar-refractivity contribution in [2.75, 3.05) is 0 Å². The Morgan fingerprint density at radius 2 is 1.94 bits per heavy atom. The first kappa shape index (κ1) is 14.1. The smallest absolute Gasteiger partial charge is 0.244 e. The zero-order valence-corrected chi connectivity index (χ0v) is 11.6. The summed E-state index contributed by atoms with van der Waals surface area (Å²) in [7, 11) is 0. The summed E-state index contributed by atoms with van der Waals surface area (Å²) in [6, 6.07) is 5.14. The molecule has 0 saturated heterocycles. The molecular formula is C13H15Cl2NO. The molecule has 1 aromatic carbocycles. The van der Waals surface area contributed by atoms with E-state index in [0.29, 0.717) is 10.0 Å². The molecule has 0 spiro atoms. The third-order valence-electron chi connectivity index (χ3n) is 1.87. The maximum Gasteiger partial charge on any atom is 0.244 e. The molecule has 0 aromatic heterocycles. The Balaban J connectivity index is 2.74. The van der Waals surface area contributed by atoms with Crippen LogP contribution in [0.2, 0.25) is 10.0 Å². The molecule has 17 heavy (non-hydrogen) atoms. The lowest BCUT2D eigenvalue weighted by atomic mass is 10.1. The molecule has 0 bridgehead atoms. The second kappa shape index (κ2) is 5.56. The van der Waals surface area contributed by atoms with E-state index in [2.05, 4.69) is 5.32 Å². The van der Waals surface area contributed by atoms with Crippen LogP contribution in [0.4, 0.5) is 0 Å². The summed E-state index contributed by atoms with van der Waals surface area (Å²) in [6.07, 6.45) is 3.13. The van der Waals surface area contributed by atoms with Crippen LogP contribution in [0.3, 0.4) is 0 Å². The second-order valence-corrected chi connectivity index (χ2v) is 5.58. The van der Waals surface area contributed by atoms with Gasteiger partial charge in [-0.25, -0.2) is 0 Å². The molecule has 1 aromatic rings. The predicted molar refractivity (Wildman–Crippen MR) is 73.4 cm³/mol. The van der Waals surface area contributed by atoms with Gasteiger partial charge in [0.25, 0.3) is 0 Å². The highest BCUT2D eigenvalue weighted by atomic mass is 35.5. The molecule has 1 N–H and O–H groups in total. The highest BCUT2D eigenvalue weighted by molar-refractivity contribution is 6.35. The average Bonchev–Trinajstić information content (AvgIpc) is 2.13. The van der Waals surface area contributed by atoms with Crippen molar-refractivity contribution in [3.63, 3.8) is 0 Å². The fraction of sp³-hybridized carbons (Fsp3) is 0.308. The Hall–Kier alpha value is -0.990. The van der Waals surface area contributed by atoms with E-state index in [1.54, 1.807) is 24.3 Å². The maximum atomic E-state index is 11.5. The van der Waals surface area contributed by atoms with E-state index in [9.17, 15) is 4.79 Å². The minimum absolute atomic E-state index is 0.150. The summed E-state index contributed by atoms with van der Waals surface area (Å²) >= 11 is 11.8. The molecule has 2 nitrogen and oxygen atoms in total. The normalized spacial score (nSPS) is 11.8. The van der Waals surface area contributed by atoms with E-state index in [0.717, 1.165) is 5.56 Å². The van der Waals surface area contributed by atoms with E-state index >= 15 is 0 Å². The van der Waals surface area contributed by atoms with Crippen molar-refractivity contribution in [1.29, 1.82) is 0 Å². The van der Waals surface area contributed by atoms with Gasteiger partial charge < -0.3 is 5.32 Å². The zero-order chi connectivity index (χ0) is 13.1. The standard InChI is InChI=1S/C13H15Cl2NO/c1-13(2,3)16-12(17)7-5-9-4-6-10(14)8-11(9)15/h4-8H,1-3H3,(H,16,17)/b7-5+. The van der Waals surface area contributed by atoms with Crippen LogP contribution < -0.4 is 5.32 Å². The minimum atomic E-state index is -0.245. The highest BCUT2D eigenvalue weighted by Crippen LogP contribution is 2.21. The van der Waals surface area contributed by atoms with Crippen molar-refractivity contribution in [2.24, 2.45) is 0 Å². The monoisotopic (exact) mass is 271 g/mol. The van der Waals surface area contributed by atoms with Crippen molar-refractivity contribution in [3.8, 4) is 0 Å². The van der Waals surface area contributed by atoms with Gasteiger partial charge in [0.15, 0.2) is 0 Å². The lowest BCUT2D eigenvalue weighted by molar-refractivity contribution is -0.117. The summed E-state index contributed by atoms with van der Waals surface area (Å²) in [5, 5.41) is 3.93. The molecule has 0 atom stereocenters. The lowest BCUT2D eigenvalue weighted by Gasteiger charge is -2.18. The molecule has 1 amide bonds. The van der Waals surface area contributed by atoms with Crippen molar-refractivity contribution in [1.82, 2.24) is 5.32 Å². The number of carbonyl (C=O) groups is 1. The Kier molecular flexibility index (Phi) is 4.61. The molecule has 0 aliphatic heterocycles. The number of nitrogens with one attached hydrogen (secondary N) is 1. The Bertz CT molecular complexity index is 447. The minimum Gasteiger partial charge on any atom is -0.348 e. The number of hydrogen-bond donors (Lipinski definition) is 1. The number of carbonyl (C=O) groups excluding carboxylic acids is 1. The fourth-order valence-electron chi connectivity index (χ4n) is 1.21. The van der Waals surface area contributed by atoms with Gasteiger partial charge in [0.1, 0.15) is 0 Å². The summed E-state index contributed by atoms with van der Waals surface area (Å²) in [6.45, 7) is 5.77. The van der Waals surface area contributed by atoms with Gasteiger partial charge >= 0.3 is 0 Å². The number of hydrogen-bond acceptors (Lipinski definition) is 1. The summed E-state index contributed by atoms with van der Waals surface area (Å²) in [4.78, 5) is 11.5. The number of rotatable bonds is 2. The van der Waals surface area contributed by atoms with Crippen LogP contribution in [-0.2, 0) is 4.79 Å². The topological polar surface area (TPSA) is 29.1 Å². The van der Waals surface area contributed by atoms with E-state index in [1.165, 1.54) is 6.08 Å². The van der Waals surface area contributed by atoms with E-state index in [1.807, 2.05) is 20.8 Å². The maximum absolute atomic E-state index is 11.5. The van der Waals surface area contributed by atoms with Gasteiger partial charge in [0, 0.05) is 21.7 Å². The van der Waals surface area contributed by atoms with E-state index < -0.39 is 0 Å². The zero-order valence-electron chi connectivity index (χ0n) is 10.1. The largest absolute Gasteiger partial charge is 0.348 e. The molecule has 0 radical (unpaired) electrons. The molecule has 0 aliphatic rings. The van der Waals surface area contributed by atoms with Gasteiger partial charge in [0.05, 0.1) is 0 Å². The lowest BCUT2D eigenvalue weighted by Crippen LogP contribution is -2.39. The van der Waals surface area contributed by atoms with Crippen LogP contribution in [-0.4, -0.2) is 11.4 Å².